The number of rotatable bonds is 5. The Bertz CT molecular complexity index is 502. The fourth-order valence-corrected chi connectivity index (χ4v) is 2.43. The number of likely N-dealkylation sites (tertiary alicyclic amines) is 1. The van der Waals surface area contributed by atoms with Crippen LogP contribution in [0.3, 0.4) is 0 Å². The van der Waals surface area contributed by atoms with Crippen LogP contribution in [0.15, 0.2) is 24.3 Å². The van der Waals surface area contributed by atoms with Crippen molar-refractivity contribution < 1.29 is 14.3 Å². The summed E-state index contributed by atoms with van der Waals surface area (Å²) in [5, 5.41) is 0. The van der Waals surface area contributed by atoms with Gasteiger partial charge in [0.25, 0.3) is 5.91 Å². The third kappa shape index (κ3) is 3.36. The molecule has 1 heterocycles. The number of hydrogen-bond acceptors (Lipinski definition) is 3. The SMILES string of the molecule is CCOCC1CCN(C(=O)c2cccc(C(N)=O)c2)C1. The highest BCUT2D eigenvalue weighted by Gasteiger charge is 2.27. The first-order valence-electron chi connectivity index (χ1n) is 6.88. The minimum Gasteiger partial charge on any atom is -0.381 e. The molecule has 1 atom stereocenters. The predicted octanol–water partition coefficient (Wildman–Crippen LogP) is 1.28. The third-order valence-corrected chi connectivity index (χ3v) is 3.52. The largest absolute Gasteiger partial charge is 0.381 e. The van der Waals surface area contributed by atoms with Crippen LogP contribution in [0.25, 0.3) is 0 Å². The van der Waals surface area contributed by atoms with Crippen molar-refractivity contribution >= 4 is 11.8 Å². The lowest BCUT2D eigenvalue weighted by Gasteiger charge is -2.17. The van der Waals surface area contributed by atoms with Crippen molar-refractivity contribution in [2.24, 2.45) is 11.7 Å². The van der Waals surface area contributed by atoms with Gasteiger partial charge in [0.15, 0.2) is 0 Å². The summed E-state index contributed by atoms with van der Waals surface area (Å²) in [4.78, 5) is 25.3. The first-order valence-corrected chi connectivity index (χ1v) is 6.88. The molecule has 20 heavy (non-hydrogen) atoms. The topological polar surface area (TPSA) is 72.6 Å². The zero-order chi connectivity index (χ0) is 14.5. The van der Waals surface area contributed by atoms with E-state index in [0.717, 1.165) is 13.0 Å². The molecule has 0 spiro atoms. The summed E-state index contributed by atoms with van der Waals surface area (Å²) < 4.78 is 5.40. The van der Waals surface area contributed by atoms with E-state index in [2.05, 4.69) is 0 Å². The molecule has 0 aromatic heterocycles. The van der Waals surface area contributed by atoms with E-state index in [1.54, 1.807) is 24.3 Å². The zero-order valence-corrected chi connectivity index (χ0v) is 11.7. The molecule has 2 N–H and O–H groups in total. The van der Waals surface area contributed by atoms with Gasteiger partial charge in [-0.25, -0.2) is 0 Å². The van der Waals surface area contributed by atoms with Gasteiger partial charge >= 0.3 is 0 Å². The predicted molar refractivity (Wildman–Crippen MR) is 75.5 cm³/mol. The van der Waals surface area contributed by atoms with Gasteiger partial charge in [-0.3, -0.25) is 9.59 Å². The molecule has 0 bridgehead atoms. The quantitative estimate of drug-likeness (QED) is 0.880. The molecule has 2 amide bonds. The van der Waals surface area contributed by atoms with Crippen molar-refractivity contribution in [1.29, 1.82) is 0 Å². The van der Waals surface area contributed by atoms with E-state index in [1.807, 2.05) is 11.8 Å². The monoisotopic (exact) mass is 276 g/mol. The average molecular weight is 276 g/mol. The van der Waals surface area contributed by atoms with Crippen LogP contribution in [0.5, 0.6) is 0 Å². The Hall–Kier alpha value is -1.88. The number of nitrogens with zero attached hydrogens (tertiary/aromatic N) is 1. The van der Waals surface area contributed by atoms with E-state index in [9.17, 15) is 9.59 Å². The van der Waals surface area contributed by atoms with Gasteiger partial charge in [0, 0.05) is 36.7 Å². The number of primary amides is 1. The number of hydrogen-bond donors (Lipinski definition) is 1. The highest BCUT2D eigenvalue weighted by molar-refractivity contribution is 5.99. The molecule has 1 aliphatic rings. The second kappa shape index (κ2) is 6.52. The molecule has 108 valence electrons. The standard InChI is InChI=1S/C15H20N2O3/c1-2-20-10-11-6-7-17(9-11)15(19)13-5-3-4-12(8-13)14(16)18/h3-5,8,11H,2,6-7,9-10H2,1H3,(H2,16,18). The van der Waals surface area contributed by atoms with Gasteiger partial charge in [0.2, 0.25) is 5.91 Å². The van der Waals surface area contributed by atoms with Crippen LogP contribution in [0, 0.1) is 5.92 Å². The first-order chi connectivity index (χ1) is 9.61. The van der Waals surface area contributed by atoms with E-state index >= 15 is 0 Å². The molecular formula is C15H20N2O3. The van der Waals surface area contributed by atoms with Gasteiger partial charge in [-0.15, -0.1) is 0 Å². The smallest absolute Gasteiger partial charge is 0.253 e. The molecule has 1 saturated heterocycles. The molecule has 5 nitrogen and oxygen atoms in total. The van der Waals surface area contributed by atoms with Crippen molar-refractivity contribution in [1.82, 2.24) is 4.90 Å². The lowest BCUT2D eigenvalue weighted by atomic mass is 10.1. The summed E-state index contributed by atoms with van der Waals surface area (Å²) in [6, 6.07) is 6.56. The molecule has 5 heteroatoms. The van der Waals surface area contributed by atoms with Crippen LogP contribution in [0.4, 0.5) is 0 Å². The van der Waals surface area contributed by atoms with Crippen molar-refractivity contribution in [3.63, 3.8) is 0 Å². The molecule has 1 aromatic carbocycles. The van der Waals surface area contributed by atoms with E-state index in [1.165, 1.54) is 0 Å². The van der Waals surface area contributed by atoms with Crippen LogP contribution in [-0.4, -0.2) is 43.0 Å². The van der Waals surface area contributed by atoms with Crippen molar-refractivity contribution in [3.8, 4) is 0 Å². The summed E-state index contributed by atoms with van der Waals surface area (Å²) in [6.45, 7) is 4.80. The van der Waals surface area contributed by atoms with Crippen molar-refractivity contribution in [2.45, 2.75) is 13.3 Å². The fourth-order valence-electron chi connectivity index (χ4n) is 2.43. The number of carbonyl (C=O) groups is 2. The molecule has 2 rings (SSSR count). The molecule has 1 aromatic rings. The third-order valence-electron chi connectivity index (χ3n) is 3.52. The number of carbonyl (C=O) groups excluding carboxylic acids is 2. The second-order valence-electron chi connectivity index (χ2n) is 5.01. The fraction of sp³-hybridized carbons (Fsp3) is 0.467. The first kappa shape index (κ1) is 14.5. The maximum atomic E-state index is 12.4. The molecule has 0 saturated carbocycles. The Morgan fingerprint density at radius 2 is 2.15 bits per heavy atom. The second-order valence-corrected chi connectivity index (χ2v) is 5.01. The number of nitrogens with two attached hydrogens (primary N) is 1. The molecule has 0 aliphatic carbocycles. The van der Waals surface area contributed by atoms with Crippen molar-refractivity contribution in [2.75, 3.05) is 26.3 Å². The number of benzene rings is 1. The Kier molecular flexibility index (Phi) is 4.74. The Morgan fingerprint density at radius 3 is 2.85 bits per heavy atom. The molecule has 0 radical (unpaired) electrons. The summed E-state index contributed by atoms with van der Waals surface area (Å²) in [6.07, 6.45) is 0.960. The molecule has 1 fully saturated rings. The average Bonchev–Trinajstić information content (AvgIpc) is 2.93. The highest BCUT2D eigenvalue weighted by Crippen LogP contribution is 2.19. The lowest BCUT2D eigenvalue weighted by Crippen LogP contribution is -2.29. The summed E-state index contributed by atoms with van der Waals surface area (Å²) in [5.41, 5.74) is 6.11. The van der Waals surface area contributed by atoms with Gasteiger partial charge < -0.3 is 15.4 Å². The van der Waals surface area contributed by atoms with Gasteiger partial charge in [-0.1, -0.05) is 6.07 Å². The zero-order valence-electron chi connectivity index (χ0n) is 11.7. The molecule has 1 unspecified atom stereocenters. The van der Waals surface area contributed by atoms with E-state index in [0.29, 0.717) is 36.8 Å². The normalized spacial score (nSPS) is 18.2. The van der Waals surface area contributed by atoms with Gasteiger partial charge in [-0.05, 0) is 31.5 Å². The van der Waals surface area contributed by atoms with Crippen LogP contribution in [0.1, 0.15) is 34.1 Å². The minimum absolute atomic E-state index is 0.0490. The summed E-state index contributed by atoms with van der Waals surface area (Å²) in [7, 11) is 0. The number of amides is 2. The molecule has 1 aliphatic heterocycles. The van der Waals surface area contributed by atoms with Crippen LogP contribution in [-0.2, 0) is 4.74 Å². The van der Waals surface area contributed by atoms with E-state index < -0.39 is 5.91 Å². The summed E-state index contributed by atoms with van der Waals surface area (Å²) >= 11 is 0. The Morgan fingerprint density at radius 1 is 1.40 bits per heavy atom. The maximum absolute atomic E-state index is 12.4. The van der Waals surface area contributed by atoms with Gasteiger partial charge in [-0.2, -0.15) is 0 Å². The maximum Gasteiger partial charge on any atom is 0.253 e. The molecular weight excluding hydrogens is 256 g/mol. The number of ether oxygens (including phenoxy) is 1. The van der Waals surface area contributed by atoms with E-state index in [4.69, 9.17) is 10.5 Å². The Balaban J connectivity index is 2.01. The Labute approximate surface area is 118 Å². The van der Waals surface area contributed by atoms with E-state index in [-0.39, 0.29) is 5.91 Å². The van der Waals surface area contributed by atoms with Crippen LogP contribution in [0.2, 0.25) is 0 Å². The van der Waals surface area contributed by atoms with Gasteiger partial charge in [0.1, 0.15) is 0 Å². The van der Waals surface area contributed by atoms with Crippen LogP contribution < -0.4 is 5.73 Å². The van der Waals surface area contributed by atoms with Crippen LogP contribution >= 0.6 is 0 Å². The lowest BCUT2D eigenvalue weighted by molar-refractivity contribution is 0.0763. The minimum atomic E-state index is -0.518. The van der Waals surface area contributed by atoms with Crippen molar-refractivity contribution in [3.05, 3.63) is 35.4 Å². The van der Waals surface area contributed by atoms with Gasteiger partial charge in [0.05, 0.1) is 6.61 Å². The highest BCUT2D eigenvalue weighted by atomic mass is 16.5. The summed E-state index contributed by atoms with van der Waals surface area (Å²) in [5.74, 6) is -0.166.